The molecule has 8 heteroatoms. The molecule has 8 nitrogen and oxygen atoms in total. The fraction of sp³-hybridized carbons (Fsp3) is 0.684. The molecule has 146 valence electrons. The number of carbonyl (C=O) groups is 4. The highest BCUT2D eigenvalue weighted by atomic mass is 16.6. The van der Waals surface area contributed by atoms with Crippen LogP contribution in [0.2, 0.25) is 0 Å². The van der Waals surface area contributed by atoms with E-state index in [9.17, 15) is 19.2 Å². The van der Waals surface area contributed by atoms with Crippen LogP contribution in [0.1, 0.15) is 34.1 Å². The highest BCUT2D eigenvalue weighted by Crippen LogP contribution is 2.70. The number of rotatable bonds is 3. The van der Waals surface area contributed by atoms with E-state index in [0.717, 1.165) is 0 Å². The first kappa shape index (κ1) is 18.3. The Balaban J connectivity index is 1.91. The van der Waals surface area contributed by atoms with Crippen LogP contribution >= 0.6 is 0 Å². The van der Waals surface area contributed by atoms with Gasteiger partial charge >= 0.3 is 11.9 Å². The van der Waals surface area contributed by atoms with Gasteiger partial charge in [0.05, 0.1) is 23.5 Å². The maximum atomic E-state index is 13.1. The lowest BCUT2D eigenvalue weighted by molar-refractivity contribution is -0.231. The minimum Gasteiger partial charge on any atom is -0.465 e. The van der Waals surface area contributed by atoms with E-state index in [1.54, 1.807) is 19.9 Å². The molecule has 4 aliphatic rings. The van der Waals surface area contributed by atoms with E-state index in [-0.39, 0.29) is 31.2 Å². The Morgan fingerprint density at radius 3 is 2.48 bits per heavy atom. The molecule has 0 aromatic heterocycles. The second-order valence-corrected chi connectivity index (χ2v) is 8.10. The monoisotopic (exact) mass is 378 g/mol. The van der Waals surface area contributed by atoms with E-state index < -0.39 is 46.7 Å². The van der Waals surface area contributed by atoms with Gasteiger partial charge in [0, 0.05) is 20.3 Å². The van der Waals surface area contributed by atoms with Crippen LogP contribution in [0.15, 0.2) is 11.6 Å². The third kappa shape index (κ3) is 2.11. The van der Waals surface area contributed by atoms with Gasteiger partial charge in [-0.2, -0.15) is 0 Å². The maximum Gasteiger partial charge on any atom is 0.303 e. The minimum absolute atomic E-state index is 0.00660. The van der Waals surface area contributed by atoms with Crippen LogP contribution < -0.4 is 0 Å². The summed E-state index contributed by atoms with van der Waals surface area (Å²) in [5.74, 6) is -1.61. The van der Waals surface area contributed by atoms with Gasteiger partial charge in [-0.05, 0) is 18.6 Å². The summed E-state index contributed by atoms with van der Waals surface area (Å²) in [6.07, 6.45) is -0.975. The molecule has 0 amide bonds. The molecule has 2 bridgehead atoms. The van der Waals surface area contributed by atoms with Gasteiger partial charge in [-0.1, -0.05) is 6.92 Å². The van der Waals surface area contributed by atoms with Crippen molar-refractivity contribution < 1.29 is 38.1 Å². The van der Waals surface area contributed by atoms with E-state index in [4.69, 9.17) is 18.9 Å². The SMILES string of the molecule is CC(=O)OC[C@]12CC(=O)C(C)=C[C@H]1O[C@@H]1C(=O)[C@@H](OC(C)=O)[C@@]2(C)[C@]12CO2. The van der Waals surface area contributed by atoms with E-state index in [1.165, 1.54) is 13.8 Å². The fourth-order valence-electron chi connectivity index (χ4n) is 5.19. The van der Waals surface area contributed by atoms with Gasteiger partial charge in [0.2, 0.25) is 5.78 Å². The van der Waals surface area contributed by atoms with Crippen LogP contribution in [0.3, 0.4) is 0 Å². The van der Waals surface area contributed by atoms with Crippen molar-refractivity contribution in [1.82, 2.24) is 0 Å². The first-order chi connectivity index (χ1) is 12.6. The molecule has 2 saturated heterocycles. The van der Waals surface area contributed by atoms with Crippen molar-refractivity contribution in [3.05, 3.63) is 11.6 Å². The molecule has 4 rings (SSSR count). The lowest BCUT2D eigenvalue weighted by atomic mass is 9.51. The summed E-state index contributed by atoms with van der Waals surface area (Å²) in [4.78, 5) is 49.0. The van der Waals surface area contributed by atoms with Gasteiger partial charge in [-0.25, -0.2) is 0 Å². The highest BCUT2D eigenvalue weighted by molar-refractivity contribution is 5.99. The molecule has 2 aliphatic carbocycles. The van der Waals surface area contributed by atoms with Crippen LogP contribution in [0.25, 0.3) is 0 Å². The van der Waals surface area contributed by atoms with Crippen molar-refractivity contribution >= 4 is 23.5 Å². The lowest BCUT2D eigenvalue weighted by Crippen LogP contribution is -2.67. The van der Waals surface area contributed by atoms with Crippen LogP contribution in [-0.4, -0.2) is 60.6 Å². The van der Waals surface area contributed by atoms with Crippen molar-refractivity contribution in [2.45, 2.75) is 58.0 Å². The van der Waals surface area contributed by atoms with Gasteiger partial charge in [0.15, 0.2) is 18.0 Å². The van der Waals surface area contributed by atoms with Gasteiger partial charge in [-0.15, -0.1) is 0 Å². The number of Topliss-reactive ketones (excluding diaryl/α,β-unsaturated/α-hetero) is 2. The summed E-state index contributed by atoms with van der Waals surface area (Å²) in [5, 5.41) is 0. The van der Waals surface area contributed by atoms with Crippen molar-refractivity contribution in [3.8, 4) is 0 Å². The number of esters is 2. The summed E-state index contributed by atoms with van der Waals surface area (Å²) in [6, 6.07) is 0. The summed E-state index contributed by atoms with van der Waals surface area (Å²) < 4.78 is 22.6. The number of hydrogen-bond acceptors (Lipinski definition) is 8. The van der Waals surface area contributed by atoms with Crippen molar-refractivity contribution in [2.24, 2.45) is 10.8 Å². The molecule has 6 atom stereocenters. The first-order valence-electron chi connectivity index (χ1n) is 8.94. The Hall–Kier alpha value is -2.06. The number of ketones is 2. The quantitative estimate of drug-likeness (QED) is 0.516. The summed E-state index contributed by atoms with van der Waals surface area (Å²) in [6.45, 7) is 6.10. The zero-order chi connectivity index (χ0) is 19.8. The summed E-state index contributed by atoms with van der Waals surface area (Å²) in [7, 11) is 0. The smallest absolute Gasteiger partial charge is 0.303 e. The molecule has 2 heterocycles. The van der Waals surface area contributed by atoms with E-state index in [2.05, 4.69) is 0 Å². The molecule has 1 spiro atoms. The number of epoxide rings is 1. The Morgan fingerprint density at radius 2 is 1.93 bits per heavy atom. The molecule has 2 aliphatic heterocycles. The lowest BCUT2D eigenvalue weighted by Gasteiger charge is -2.57. The largest absolute Gasteiger partial charge is 0.465 e. The topological polar surface area (TPSA) is 109 Å². The van der Waals surface area contributed by atoms with Crippen molar-refractivity contribution in [1.29, 1.82) is 0 Å². The third-order valence-corrected chi connectivity index (χ3v) is 6.79. The molecular weight excluding hydrogens is 356 g/mol. The molecular formula is C19H22O8. The standard InChI is InChI=1S/C19H22O8/c1-9-5-13-18(6-12(9)22,7-24-10(2)20)17(4)15(26-11(3)21)14(23)16(27-13)19(17)8-25-19/h5,13,15-16H,6-8H2,1-4H3/t13-,15-,16-,17-,18-,19+/m1/s1. The number of hydrogen-bond donors (Lipinski definition) is 0. The van der Waals surface area contributed by atoms with Crippen LogP contribution in [0.4, 0.5) is 0 Å². The number of fused-ring (bicyclic) bond motifs is 2. The zero-order valence-corrected chi connectivity index (χ0v) is 15.7. The Kier molecular flexibility index (Phi) is 3.72. The Labute approximate surface area is 156 Å². The molecule has 0 radical (unpaired) electrons. The highest BCUT2D eigenvalue weighted by Gasteiger charge is 2.86. The van der Waals surface area contributed by atoms with Gasteiger partial charge < -0.3 is 18.9 Å². The Bertz CT molecular complexity index is 794. The molecule has 27 heavy (non-hydrogen) atoms. The van der Waals surface area contributed by atoms with Crippen LogP contribution in [0.5, 0.6) is 0 Å². The van der Waals surface area contributed by atoms with Crippen LogP contribution in [-0.2, 0) is 38.1 Å². The van der Waals surface area contributed by atoms with Crippen LogP contribution in [0, 0.1) is 10.8 Å². The van der Waals surface area contributed by atoms with Gasteiger partial charge in [0.1, 0.15) is 12.2 Å². The predicted molar refractivity (Wildman–Crippen MR) is 88.5 cm³/mol. The fourth-order valence-corrected chi connectivity index (χ4v) is 5.19. The average molecular weight is 378 g/mol. The molecule has 1 saturated carbocycles. The Morgan fingerprint density at radius 1 is 1.26 bits per heavy atom. The number of ether oxygens (including phenoxy) is 4. The first-order valence-corrected chi connectivity index (χ1v) is 8.94. The predicted octanol–water partition coefficient (Wildman–Crippen LogP) is 0.512. The molecule has 0 N–H and O–H groups in total. The van der Waals surface area contributed by atoms with E-state index in [0.29, 0.717) is 5.57 Å². The second kappa shape index (κ2) is 5.48. The number of carbonyl (C=O) groups excluding carboxylic acids is 4. The summed E-state index contributed by atoms with van der Waals surface area (Å²) in [5.41, 5.74) is -2.60. The van der Waals surface area contributed by atoms with Crippen molar-refractivity contribution in [3.63, 3.8) is 0 Å². The molecule has 0 unspecified atom stereocenters. The van der Waals surface area contributed by atoms with Gasteiger partial charge in [0.25, 0.3) is 0 Å². The van der Waals surface area contributed by atoms with Crippen molar-refractivity contribution in [2.75, 3.05) is 13.2 Å². The van der Waals surface area contributed by atoms with Gasteiger partial charge in [-0.3, -0.25) is 19.2 Å². The molecule has 0 aromatic carbocycles. The summed E-state index contributed by atoms with van der Waals surface area (Å²) >= 11 is 0. The van der Waals surface area contributed by atoms with E-state index >= 15 is 0 Å². The minimum atomic E-state index is -1.14. The third-order valence-electron chi connectivity index (χ3n) is 6.79. The molecule has 3 fully saturated rings. The maximum absolute atomic E-state index is 13.1. The normalized spacial score (nSPS) is 44.6. The van der Waals surface area contributed by atoms with E-state index in [1.807, 2.05) is 0 Å². The number of allylic oxidation sites excluding steroid dienone is 1. The average Bonchev–Trinajstić information content (AvgIpc) is 3.36. The zero-order valence-electron chi connectivity index (χ0n) is 15.7. The molecule has 0 aromatic rings. The second-order valence-electron chi connectivity index (χ2n) is 8.10.